The SMILES string of the molecule is CCNCc1cn[nH]c1S(=O)(=O)N(C)C1CCCCC1. The van der Waals surface area contributed by atoms with E-state index in [0.29, 0.717) is 12.1 Å². The number of nitrogens with zero attached hydrogens (tertiary/aromatic N) is 2. The first-order chi connectivity index (χ1) is 9.57. The quantitative estimate of drug-likeness (QED) is 0.834. The summed E-state index contributed by atoms with van der Waals surface area (Å²) in [5, 5.41) is 9.92. The summed E-state index contributed by atoms with van der Waals surface area (Å²) in [6, 6.07) is 0.115. The lowest BCUT2D eigenvalue weighted by atomic mass is 9.96. The molecule has 1 aliphatic rings. The van der Waals surface area contributed by atoms with Gasteiger partial charge in [0.15, 0.2) is 5.03 Å². The zero-order chi connectivity index (χ0) is 14.6. The van der Waals surface area contributed by atoms with Crippen LogP contribution in [0.5, 0.6) is 0 Å². The van der Waals surface area contributed by atoms with E-state index in [0.717, 1.165) is 32.2 Å². The molecule has 20 heavy (non-hydrogen) atoms. The maximum Gasteiger partial charge on any atom is 0.260 e. The van der Waals surface area contributed by atoms with Crippen LogP contribution in [-0.2, 0) is 16.6 Å². The molecular formula is C13H24N4O2S. The molecule has 0 saturated heterocycles. The summed E-state index contributed by atoms with van der Waals surface area (Å²) in [7, 11) is -1.80. The maximum atomic E-state index is 12.7. The molecule has 0 aliphatic heterocycles. The summed E-state index contributed by atoms with van der Waals surface area (Å²) in [5.74, 6) is 0. The topological polar surface area (TPSA) is 78.1 Å². The fourth-order valence-corrected chi connectivity index (χ4v) is 4.21. The van der Waals surface area contributed by atoms with E-state index in [2.05, 4.69) is 15.5 Å². The molecule has 1 saturated carbocycles. The average Bonchev–Trinajstić information content (AvgIpc) is 2.94. The highest BCUT2D eigenvalue weighted by Crippen LogP contribution is 2.26. The first kappa shape index (κ1) is 15.5. The van der Waals surface area contributed by atoms with Crippen molar-refractivity contribution in [2.75, 3.05) is 13.6 Å². The number of aromatic amines is 1. The molecular weight excluding hydrogens is 276 g/mol. The third-order valence-corrected chi connectivity index (χ3v) is 5.90. The molecule has 2 rings (SSSR count). The second kappa shape index (κ2) is 6.69. The smallest absolute Gasteiger partial charge is 0.260 e. The minimum atomic E-state index is -3.48. The number of hydrogen-bond acceptors (Lipinski definition) is 4. The Morgan fingerprint density at radius 2 is 2.10 bits per heavy atom. The van der Waals surface area contributed by atoms with Crippen molar-refractivity contribution in [1.29, 1.82) is 0 Å². The highest BCUT2D eigenvalue weighted by molar-refractivity contribution is 7.89. The first-order valence-corrected chi connectivity index (χ1v) is 8.72. The Bertz CT molecular complexity index is 520. The van der Waals surface area contributed by atoms with Gasteiger partial charge >= 0.3 is 0 Å². The molecule has 1 fully saturated rings. The van der Waals surface area contributed by atoms with Crippen LogP contribution in [-0.4, -0.2) is 42.6 Å². The standard InChI is InChI=1S/C13H24N4O2S/c1-3-14-9-11-10-15-16-13(11)20(18,19)17(2)12-7-5-4-6-8-12/h10,12,14H,3-9H2,1-2H3,(H,15,16). The molecule has 1 aromatic heterocycles. The number of sulfonamides is 1. The fraction of sp³-hybridized carbons (Fsp3) is 0.769. The third-order valence-electron chi connectivity index (χ3n) is 3.97. The van der Waals surface area contributed by atoms with Crippen LogP contribution in [0, 0.1) is 0 Å². The van der Waals surface area contributed by atoms with Crippen LogP contribution in [0.1, 0.15) is 44.6 Å². The van der Waals surface area contributed by atoms with E-state index in [1.165, 1.54) is 10.7 Å². The monoisotopic (exact) mass is 300 g/mol. The minimum Gasteiger partial charge on any atom is -0.313 e. The van der Waals surface area contributed by atoms with Gasteiger partial charge < -0.3 is 5.32 Å². The molecule has 2 N–H and O–H groups in total. The van der Waals surface area contributed by atoms with Crippen molar-refractivity contribution in [3.8, 4) is 0 Å². The zero-order valence-electron chi connectivity index (χ0n) is 12.2. The van der Waals surface area contributed by atoms with E-state index < -0.39 is 10.0 Å². The molecule has 0 aromatic carbocycles. The van der Waals surface area contributed by atoms with E-state index in [1.54, 1.807) is 13.2 Å². The second-order valence-corrected chi connectivity index (χ2v) is 7.25. The van der Waals surface area contributed by atoms with Gasteiger partial charge in [0.1, 0.15) is 0 Å². The molecule has 0 radical (unpaired) electrons. The molecule has 0 amide bonds. The number of hydrogen-bond donors (Lipinski definition) is 2. The van der Waals surface area contributed by atoms with Gasteiger partial charge in [0.25, 0.3) is 10.0 Å². The van der Waals surface area contributed by atoms with Gasteiger partial charge in [-0.3, -0.25) is 5.10 Å². The van der Waals surface area contributed by atoms with E-state index in [4.69, 9.17) is 0 Å². The molecule has 0 atom stereocenters. The second-order valence-electron chi connectivity index (χ2n) is 5.32. The number of nitrogens with one attached hydrogen (secondary N) is 2. The van der Waals surface area contributed by atoms with Gasteiger partial charge in [-0.1, -0.05) is 26.2 Å². The van der Waals surface area contributed by atoms with E-state index in [9.17, 15) is 8.42 Å². The van der Waals surface area contributed by atoms with Crippen LogP contribution in [0.3, 0.4) is 0 Å². The molecule has 0 unspecified atom stereocenters. The van der Waals surface area contributed by atoms with E-state index in [1.807, 2.05) is 6.92 Å². The summed E-state index contributed by atoms with van der Waals surface area (Å²) in [4.78, 5) is 0. The van der Waals surface area contributed by atoms with Crippen molar-refractivity contribution >= 4 is 10.0 Å². The van der Waals surface area contributed by atoms with Crippen molar-refractivity contribution in [3.63, 3.8) is 0 Å². The van der Waals surface area contributed by atoms with Crippen LogP contribution in [0.2, 0.25) is 0 Å². The van der Waals surface area contributed by atoms with Crippen molar-refractivity contribution < 1.29 is 8.42 Å². The van der Waals surface area contributed by atoms with Crippen molar-refractivity contribution in [2.24, 2.45) is 0 Å². The Kier molecular flexibility index (Phi) is 5.17. The average molecular weight is 300 g/mol. The molecule has 1 aliphatic carbocycles. The summed E-state index contributed by atoms with van der Waals surface area (Å²) >= 11 is 0. The van der Waals surface area contributed by atoms with Crippen molar-refractivity contribution in [1.82, 2.24) is 19.8 Å². The molecule has 1 heterocycles. The lowest BCUT2D eigenvalue weighted by Crippen LogP contribution is -2.38. The summed E-state index contributed by atoms with van der Waals surface area (Å²) in [5.41, 5.74) is 0.703. The molecule has 114 valence electrons. The van der Waals surface area contributed by atoms with Crippen molar-refractivity contribution in [2.45, 2.75) is 56.6 Å². The van der Waals surface area contributed by atoms with Crippen molar-refractivity contribution in [3.05, 3.63) is 11.8 Å². The number of aromatic nitrogens is 2. The summed E-state index contributed by atoms with van der Waals surface area (Å²) < 4.78 is 26.9. The lowest BCUT2D eigenvalue weighted by molar-refractivity contribution is 0.285. The van der Waals surface area contributed by atoms with Gasteiger partial charge in [0.05, 0.1) is 6.20 Å². The number of rotatable bonds is 6. The fourth-order valence-electron chi connectivity index (χ4n) is 2.69. The Morgan fingerprint density at radius 3 is 2.75 bits per heavy atom. The van der Waals surface area contributed by atoms with E-state index >= 15 is 0 Å². The van der Waals surface area contributed by atoms with Crippen LogP contribution < -0.4 is 5.32 Å². The molecule has 0 bridgehead atoms. The van der Waals surface area contributed by atoms with Gasteiger partial charge in [0, 0.05) is 25.2 Å². The zero-order valence-corrected chi connectivity index (χ0v) is 13.0. The van der Waals surface area contributed by atoms with Crippen LogP contribution in [0.4, 0.5) is 0 Å². The maximum absolute atomic E-state index is 12.7. The van der Waals surface area contributed by atoms with Gasteiger partial charge in [-0.15, -0.1) is 0 Å². The lowest BCUT2D eigenvalue weighted by Gasteiger charge is -2.30. The highest BCUT2D eigenvalue weighted by atomic mass is 32.2. The third kappa shape index (κ3) is 3.21. The normalized spacial score (nSPS) is 17.8. The molecule has 0 spiro atoms. The van der Waals surface area contributed by atoms with Gasteiger partial charge in [0.2, 0.25) is 0 Å². The molecule has 7 heteroatoms. The Hall–Kier alpha value is -0.920. The Balaban J connectivity index is 2.18. The van der Waals surface area contributed by atoms with Gasteiger partial charge in [-0.05, 0) is 19.4 Å². The predicted octanol–water partition coefficient (Wildman–Crippen LogP) is 1.47. The molecule has 6 nitrogen and oxygen atoms in total. The van der Waals surface area contributed by atoms with Crippen LogP contribution in [0.15, 0.2) is 11.2 Å². The van der Waals surface area contributed by atoms with Crippen LogP contribution >= 0.6 is 0 Å². The Labute approximate surface area is 121 Å². The molecule has 1 aromatic rings. The number of H-pyrrole nitrogens is 1. The Morgan fingerprint density at radius 1 is 1.40 bits per heavy atom. The van der Waals surface area contributed by atoms with E-state index in [-0.39, 0.29) is 11.1 Å². The van der Waals surface area contributed by atoms with Crippen LogP contribution in [0.25, 0.3) is 0 Å². The first-order valence-electron chi connectivity index (χ1n) is 7.28. The predicted molar refractivity (Wildman–Crippen MR) is 77.8 cm³/mol. The van der Waals surface area contributed by atoms with Gasteiger partial charge in [-0.2, -0.15) is 9.40 Å². The summed E-state index contributed by atoms with van der Waals surface area (Å²) in [6.45, 7) is 3.30. The van der Waals surface area contributed by atoms with Gasteiger partial charge in [-0.25, -0.2) is 8.42 Å². The minimum absolute atomic E-state index is 0.115. The highest BCUT2D eigenvalue weighted by Gasteiger charge is 2.31. The summed E-state index contributed by atoms with van der Waals surface area (Å²) in [6.07, 6.45) is 6.92. The largest absolute Gasteiger partial charge is 0.313 e.